The van der Waals surface area contributed by atoms with Crippen molar-refractivity contribution in [1.29, 1.82) is 0 Å². The molecule has 1 rings (SSSR count). The standard InChI is InChI=1S/C12H13NO7/c1-18-10(15)7-4-5-8(11(16)19-2)13(7)6-9(14)12(17)20-3/h4-5H,6H2,1-3H3. The molecule has 0 saturated carbocycles. The second-order valence-corrected chi connectivity index (χ2v) is 3.59. The fourth-order valence-corrected chi connectivity index (χ4v) is 1.53. The van der Waals surface area contributed by atoms with E-state index < -0.39 is 30.2 Å². The summed E-state index contributed by atoms with van der Waals surface area (Å²) in [6.45, 7) is -0.533. The van der Waals surface area contributed by atoms with Crippen molar-refractivity contribution >= 4 is 23.7 Å². The first-order valence-corrected chi connectivity index (χ1v) is 5.43. The Morgan fingerprint density at radius 2 is 1.35 bits per heavy atom. The van der Waals surface area contributed by atoms with Crippen LogP contribution in [-0.2, 0) is 30.3 Å². The first-order valence-electron chi connectivity index (χ1n) is 5.43. The van der Waals surface area contributed by atoms with Gasteiger partial charge >= 0.3 is 17.9 Å². The Balaban J connectivity index is 3.21. The van der Waals surface area contributed by atoms with Gasteiger partial charge in [0.15, 0.2) is 0 Å². The Morgan fingerprint density at radius 1 is 0.900 bits per heavy atom. The number of carbonyl (C=O) groups is 4. The number of carbonyl (C=O) groups excluding carboxylic acids is 4. The van der Waals surface area contributed by atoms with Crippen molar-refractivity contribution in [2.45, 2.75) is 6.54 Å². The summed E-state index contributed by atoms with van der Waals surface area (Å²) < 4.78 is 14.4. The van der Waals surface area contributed by atoms with Crippen LogP contribution in [0.3, 0.4) is 0 Å². The molecular weight excluding hydrogens is 270 g/mol. The molecule has 0 aliphatic rings. The molecule has 1 aromatic heterocycles. The van der Waals surface area contributed by atoms with Crippen molar-refractivity contribution < 1.29 is 33.4 Å². The Kier molecular flexibility index (Phi) is 5.01. The van der Waals surface area contributed by atoms with E-state index in [0.717, 1.165) is 25.9 Å². The minimum absolute atomic E-state index is 0.0508. The molecule has 0 radical (unpaired) electrons. The number of rotatable bonds is 5. The molecule has 0 atom stereocenters. The predicted octanol–water partition coefficient (Wildman–Crippen LogP) is -0.197. The summed E-state index contributed by atoms with van der Waals surface area (Å²) in [6, 6.07) is 2.59. The van der Waals surface area contributed by atoms with Gasteiger partial charge in [0.2, 0.25) is 0 Å². The summed E-state index contributed by atoms with van der Waals surface area (Å²) in [7, 11) is 3.36. The average Bonchev–Trinajstić information content (AvgIpc) is 2.88. The monoisotopic (exact) mass is 283 g/mol. The number of hydrogen-bond acceptors (Lipinski definition) is 7. The fourth-order valence-electron chi connectivity index (χ4n) is 1.53. The van der Waals surface area contributed by atoms with E-state index >= 15 is 0 Å². The van der Waals surface area contributed by atoms with Crippen molar-refractivity contribution in [3.05, 3.63) is 23.5 Å². The third kappa shape index (κ3) is 3.02. The van der Waals surface area contributed by atoms with Gasteiger partial charge in [-0.2, -0.15) is 0 Å². The summed E-state index contributed by atoms with van der Waals surface area (Å²) in [6.07, 6.45) is 0. The summed E-state index contributed by atoms with van der Waals surface area (Å²) in [5.41, 5.74) is -0.102. The normalized spacial score (nSPS) is 9.75. The molecule has 1 heterocycles. The minimum atomic E-state index is -1.08. The third-order valence-electron chi connectivity index (χ3n) is 2.48. The SMILES string of the molecule is COC(=O)C(=O)Cn1c(C(=O)OC)ccc1C(=O)OC. The summed E-state index contributed by atoms with van der Waals surface area (Å²) in [5, 5.41) is 0. The third-order valence-corrected chi connectivity index (χ3v) is 2.48. The first-order chi connectivity index (χ1) is 9.46. The molecule has 0 bridgehead atoms. The minimum Gasteiger partial charge on any atom is -0.464 e. The van der Waals surface area contributed by atoms with Gasteiger partial charge in [0.05, 0.1) is 27.9 Å². The van der Waals surface area contributed by atoms with Crippen molar-refractivity contribution in [2.75, 3.05) is 21.3 Å². The van der Waals surface area contributed by atoms with Crippen LogP contribution in [0.15, 0.2) is 12.1 Å². The van der Waals surface area contributed by atoms with Crippen molar-refractivity contribution in [3.8, 4) is 0 Å². The number of nitrogens with zero attached hydrogens (tertiary/aromatic N) is 1. The number of aromatic nitrogens is 1. The highest BCUT2D eigenvalue weighted by Crippen LogP contribution is 2.12. The maximum Gasteiger partial charge on any atom is 0.376 e. The van der Waals surface area contributed by atoms with Gasteiger partial charge in [-0.15, -0.1) is 0 Å². The van der Waals surface area contributed by atoms with Gasteiger partial charge in [-0.05, 0) is 12.1 Å². The highest BCUT2D eigenvalue weighted by Gasteiger charge is 2.24. The van der Waals surface area contributed by atoms with E-state index in [-0.39, 0.29) is 11.4 Å². The molecule has 8 heteroatoms. The van der Waals surface area contributed by atoms with Gasteiger partial charge in [-0.3, -0.25) is 4.79 Å². The van der Waals surface area contributed by atoms with Gasteiger partial charge in [-0.25, -0.2) is 14.4 Å². The van der Waals surface area contributed by atoms with Crippen molar-refractivity contribution in [2.24, 2.45) is 0 Å². The molecule has 0 N–H and O–H groups in total. The van der Waals surface area contributed by atoms with E-state index in [1.807, 2.05) is 0 Å². The topological polar surface area (TPSA) is 101 Å². The highest BCUT2D eigenvalue weighted by molar-refractivity contribution is 6.33. The summed E-state index contributed by atoms with van der Waals surface area (Å²) >= 11 is 0. The molecule has 0 aliphatic heterocycles. The molecule has 8 nitrogen and oxygen atoms in total. The summed E-state index contributed by atoms with van der Waals surface area (Å²) in [4.78, 5) is 45.8. The van der Waals surface area contributed by atoms with Crippen molar-refractivity contribution in [1.82, 2.24) is 4.57 Å². The van der Waals surface area contributed by atoms with Crippen molar-refractivity contribution in [3.63, 3.8) is 0 Å². The Hall–Kier alpha value is -2.64. The zero-order valence-electron chi connectivity index (χ0n) is 11.2. The molecular formula is C12H13NO7. The molecule has 0 fully saturated rings. The lowest BCUT2D eigenvalue weighted by molar-refractivity contribution is -0.151. The second kappa shape index (κ2) is 6.50. The van der Waals surface area contributed by atoms with E-state index in [0.29, 0.717) is 0 Å². The average molecular weight is 283 g/mol. The number of hydrogen-bond donors (Lipinski definition) is 0. The smallest absolute Gasteiger partial charge is 0.376 e. The van der Waals surface area contributed by atoms with Crippen LogP contribution in [-0.4, -0.2) is 49.6 Å². The van der Waals surface area contributed by atoms with Crippen LogP contribution in [0.2, 0.25) is 0 Å². The van der Waals surface area contributed by atoms with E-state index in [2.05, 4.69) is 14.2 Å². The van der Waals surface area contributed by atoms with Crippen LogP contribution in [0.25, 0.3) is 0 Å². The fraction of sp³-hybridized carbons (Fsp3) is 0.333. The van der Waals surface area contributed by atoms with E-state index in [4.69, 9.17) is 0 Å². The van der Waals surface area contributed by atoms with E-state index in [9.17, 15) is 19.2 Å². The molecule has 0 spiro atoms. The van der Waals surface area contributed by atoms with E-state index in [1.54, 1.807) is 0 Å². The van der Waals surface area contributed by atoms with Gasteiger partial charge in [0.25, 0.3) is 5.78 Å². The predicted molar refractivity (Wildman–Crippen MR) is 64.1 cm³/mol. The number of esters is 3. The molecule has 0 unspecified atom stereocenters. The van der Waals surface area contributed by atoms with Crippen LogP contribution in [0.5, 0.6) is 0 Å². The quantitative estimate of drug-likeness (QED) is 0.419. The molecule has 0 amide bonds. The van der Waals surface area contributed by atoms with Crippen LogP contribution in [0, 0.1) is 0 Å². The van der Waals surface area contributed by atoms with Gasteiger partial charge in [-0.1, -0.05) is 0 Å². The molecule has 108 valence electrons. The van der Waals surface area contributed by atoms with Gasteiger partial charge in [0, 0.05) is 0 Å². The van der Waals surface area contributed by atoms with E-state index in [1.165, 1.54) is 12.1 Å². The molecule has 0 aromatic carbocycles. The van der Waals surface area contributed by atoms with Gasteiger partial charge in [0.1, 0.15) is 11.4 Å². The lowest BCUT2D eigenvalue weighted by Gasteiger charge is -2.09. The Bertz CT molecular complexity index is 525. The molecule has 20 heavy (non-hydrogen) atoms. The van der Waals surface area contributed by atoms with Gasteiger partial charge < -0.3 is 18.8 Å². The zero-order chi connectivity index (χ0) is 15.3. The Morgan fingerprint density at radius 3 is 1.70 bits per heavy atom. The van der Waals surface area contributed by atoms with Crippen LogP contribution in [0.4, 0.5) is 0 Å². The second-order valence-electron chi connectivity index (χ2n) is 3.59. The highest BCUT2D eigenvalue weighted by atomic mass is 16.5. The number of Topliss-reactive ketones (excluding diaryl/α,β-unsaturated/α-hetero) is 1. The largest absolute Gasteiger partial charge is 0.464 e. The van der Waals surface area contributed by atoms with Crippen LogP contribution in [0.1, 0.15) is 21.0 Å². The lowest BCUT2D eigenvalue weighted by atomic mass is 10.3. The van der Waals surface area contributed by atoms with Crippen LogP contribution >= 0.6 is 0 Å². The molecule has 0 saturated heterocycles. The Labute approximate surface area is 114 Å². The molecule has 0 aliphatic carbocycles. The maximum absolute atomic E-state index is 11.6. The summed E-state index contributed by atoms with van der Waals surface area (Å²) in [5.74, 6) is -3.50. The number of ether oxygens (including phenoxy) is 3. The number of ketones is 1. The first kappa shape index (κ1) is 15.4. The zero-order valence-corrected chi connectivity index (χ0v) is 11.2. The molecule has 1 aromatic rings. The van der Waals surface area contributed by atoms with Crippen LogP contribution < -0.4 is 0 Å². The maximum atomic E-state index is 11.6. The number of methoxy groups -OCH3 is 3. The lowest BCUT2D eigenvalue weighted by Crippen LogP contribution is -2.26.